The van der Waals surface area contributed by atoms with Gasteiger partial charge in [-0.1, -0.05) is 78.9 Å². The van der Waals surface area contributed by atoms with E-state index >= 15 is 0 Å². The number of benzene rings is 4. The number of hydrogen-bond donors (Lipinski definition) is 1. The van der Waals surface area contributed by atoms with Gasteiger partial charge in [0, 0.05) is 29.8 Å². The Morgan fingerprint density at radius 1 is 0.818 bits per heavy atom. The fraction of sp³-hybridized carbons (Fsp3) is 0.103. The van der Waals surface area contributed by atoms with Gasteiger partial charge in [0.05, 0.1) is 11.4 Å². The summed E-state index contributed by atoms with van der Waals surface area (Å²) >= 11 is 0. The van der Waals surface area contributed by atoms with Crippen LogP contribution >= 0.6 is 0 Å². The van der Waals surface area contributed by atoms with Crippen LogP contribution in [0.1, 0.15) is 21.5 Å². The maximum absolute atomic E-state index is 13.1. The van der Waals surface area contributed by atoms with Gasteiger partial charge in [0.15, 0.2) is 0 Å². The third-order valence-corrected chi connectivity index (χ3v) is 6.50. The van der Waals surface area contributed by atoms with Gasteiger partial charge in [0.25, 0.3) is 5.91 Å². The Hall–Kier alpha value is -4.18. The summed E-state index contributed by atoms with van der Waals surface area (Å²) in [5, 5.41) is 10.1. The number of carbonyl (C=O) groups excluding carboxylic acids is 1. The van der Waals surface area contributed by atoms with Crippen molar-refractivity contribution >= 4 is 16.7 Å². The number of fused-ring (bicyclic) bond motifs is 2. The highest BCUT2D eigenvalue weighted by Gasteiger charge is 2.21. The Labute approximate surface area is 192 Å². The summed E-state index contributed by atoms with van der Waals surface area (Å²) in [6.45, 7) is 1.43. The van der Waals surface area contributed by atoms with Crippen LogP contribution in [0.15, 0.2) is 97.1 Å². The summed E-state index contributed by atoms with van der Waals surface area (Å²) < 4.78 is 0. The SMILES string of the molecule is O=C(c1ccc(-c2cc(-c3cccc4ccccc34)[nH]n2)cc1)N1CCc2ccccc2C1. The van der Waals surface area contributed by atoms with Crippen molar-refractivity contribution in [3.8, 4) is 22.5 Å². The summed E-state index contributed by atoms with van der Waals surface area (Å²) in [7, 11) is 0. The Balaban J connectivity index is 1.23. The van der Waals surface area contributed by atoms with Crippen LogP contribution < -0.4 is 0 Å². The molecular weight excluding hydrogens is 406 g/mol. The fourth-order valence-corrected chi connectivity index (χ4v) is 4.70. The van der Waals surface area contributed by atoms with E-state index in [4.69, 9.17) is 0 Å². The van der Waals surface area contributed by atoms with Crippen LogP contribution in [0, 0.1) is 0 Å². The van der Waals surface area contributed by atoms with Crippen LogP contribution in [0.2, 0.25) is 0 Å². The normalized spacial score (nSPS) is 13.2. The summed E-state index contributed by atoms with van der Waals surface area (Å²) in [6.07, 6.45) is 0.907. The monoisotopic (exact) mass is 429 g/mol. The van der Waals surface area contributed by atoms with Crippen LogP contribution in [-0.2, 0) is 13.0 Å². The van der Waals surface area contributed by atoms with E-state index in [1.165, 1.54) is 21.9 Å². The first-order chi connectivity index (χ1) is 16.3. The molecule has 1 N–H and O–H groups in total. The molecule has 33 heavy (non-hydrogen) atoms. The second-order valence-electron chi connectivity index (χ2n) is 8.52. The molecule has 1 amide bonds. The zero-order valence-electron chi connectivity index (χ0n) is 18.2. The number of nitrogens with zero attached hydrogens (tertiary/aromatic N) is 2. The highest BCUT2D eigenvalue weighted by Crippen LogP contribution is 2.30. The van der Waals surface area contributed by atoms with Crippen molar-refractivity contribution in [1.29, 1.82) is 0 Å². The Kier molecular flexibility index (Phi) is 4.76. The van der Waals surface area contributed by atoms with E-state index in [9.17, 15) is 4.79 Å². The predicted octanol–water partition coefficient (Wildman–Crippen LogP) is 6.10. The molecule has 0 fully saturated rings. The summed E-state index contributed by atoms with van der Waals surface area (Å²) in [6, 6.07) is 32.9. The molecule has 1 aliphatic rings. The largest absolute Gasteiger partial charge is 0.334 e. The molecule has 4 nitrogen and oxygen atoms in total. The molecule has 0 aliphatic carbocycles. The van der Waals surface area contributed by atoms with Gasteiger partial charge < -0.3 is 4.90 Å². The van der Waals surface area contributed by atoms with E-state index < -0.39 is 0 Å². The molecule has 5 aromatic rings. The van der Waals surface area contributed by atoms with Crippen LogP contribution in [0.5, 0.6) is 0 Å². The van der Waals surface area contributed by atoms with Crippen molar-refractivity contribution in [2.24, 2.45) is 0 Å². The molecule has 6 rings (SSSR count). The van der Waals surface area contributed by atoms with Gasteiger partial charge in [-0.3, -0.25) is 9.89 Å². The Morgan fingerprint density at radius 2 is 1.58 bits per heavy atom. The first-order valence-electron chi connectivity index (χ1n) is 11.3. The van der Waals surface area contributed by atoms with Crippen LogP contribution in [0.4, 0.5) is 0 Å². The topological polar surface area (TPSA) is 49.0 Å². The molecule has 0 saturated carbocycles. The van der Waals surface area contributed by atoms with E-state index in [1.54, 1.807) is 0 Å². The van der Waals surface area contributed by atoms with Crippen molar-refractivity contribution in [2.75, 3.05) is 6.54 Å². The van der Waals surface area contributed by atoms with Gasteiger partial charge in [-0.2, -0.15) is 5.10 Å². The molecule has 0 saturated heterocycles. The molecule has 4 aromatic carbocycles. The van der Waals surface area contributed by atoms with Crippen molar-refractivity contribution in [2.45, 2.75) is 13.0 Å². The van der Waals surface area contributed by atoms with Gasteiger partial charge in [0.1, 0.15) is 0 Å². The van der Waals surface area contributed by atoms with Gasteiger partial charge in [0.2, 0.25) is 0 Å². The quantitative estimate of drug-likeness (QED) is 0.377. The molecule has 0 unspecified atom stereocenters. The van der Waals surface area contributed by atoms with E-state index in [0.29, 0.717) is 12.1 Å². The van der Waals surface area contributed by atoms with Gasteiger partial charge >= 0.3 is 0 Å². The van der Waals surface area contributed by atoms with E-state index in [1.807, 2.05) is 35.2 Å². The maximum atomic E-state index is 13.1. The average molecular weight is 430 g/mol. The van der Waals surface area contributed by atoms with E-state index in [2.05, 4.69) is 76.9 Å². The molecule has 4 heteroatoms. The zero-order chi connectivity index (χ0) is 22.2. The number of rotatable bonds is 3. The zero-order valence-corrected chi connectivity index (χ0v) is 18.2. The lowest BCUT2D eigenvalue weighted by molar-refractivity contribution is 0.0734. The van der Waals surface area contributed by atoms with E-state index in [-0.39, 0.29) is 5.91 Å². The molecule has 0 bridgehead atoms. The number of amides is 1. The minimum absolute atomic E-state index is 0.0783. The molecule has 2 heterocycles. The lowest BCUT2D eigenvalue weighted by atomic mass is 9.99. The first kappa shape index (κ1) is 19.5. The van der Waals surface area contributed by atoms with Crippen molar-refractivity contribution < 1.29 is 4.79 Å². The lowest BCUT2D eigenvalue weighted by Crippen LogP contribution is -2.35. The molecule has 1 aromatic heterocycles. The standard InChI is InChI=1S/C29H23N3O/c33-29(32-17-16-20-6-1-2-8-24(20)19-32)23-14-12-22(13-15-23)27-18-28(31-30-27)26-11-5-9-21-7-3-4-10-25(21)26/h1-15,18H,16-17,19H2,(H,30,31). The molecule has 1 aliphatic heterocycles. The summed E-state index contributed by atoms with van der Waals surface area (Å²) in [5.41, 5.74) is 7.26. The van der Waals surface area contributed by atoms with Crippen molar-refractivity contribution in [1.82, 2.24) is 15.1 Å². The lowest BCUT2D eigenvalue weighted by Gasteiger charge is -2.29. The van der Waals surface area contributed by atoms with Crippen LogP contribution in [-0.4, -0.2) is 27.5 Å². The minimum Gasteiger partial charge on any atom is -0.334 e. The summed E-state index contributed by atoms with van der Waals surface area (Å²) in [5.74, 6) is 0.0783. The Bertz CT molecular complexity index is 1460. The van der Waals surface area contributed by atoms with Crippen LogP contribution in [0.25, 0.3) is 33.3 Å². The molecule has 0 radical (unpaired) electrons. The van der Waals surface area contributed by atoms with Gasteiger partial charge in [-0.25, -0.2) is 0 Å². The average Bonchev–Trinajstić information content (AvgIpc) is 3.38. The first-order valence-corrected chi connectivity index (χ1v) is 11.3. The Morgan fingerprint density at radius 3 is 2.45 bits per heavy atom. The second kappa shape index (κ2) is 8.06. The van der Waals surface area contributed by atoms with Crippen molar-refractivity contribution in [3.63, 3.8) is 0 Å². The van der Waals surface area contributed by atoms with Crippen molar-refractivity contribution in [3.05, 3.63) is 114 Å². The number of aromatic nitrogens is 2. The highest BCUT2D eigenvalue weighted by molar-refractivity contribution is 5.96. The number of hydrogen-bond acceptors (Lipinski definition) is 2. The summed E-state index contributed by atoms with van der Waals surface area (Å²) in [4.78, 5) is 15.0. The number of carbonyl (C=O) groups is 1. The van der Waals surface area contributed by atoms with Gasteiger partial charge in [-0.15, -0.1) is 0 Å². The molecular formula is C29H23N3O. The van der Waals surface area contributed by atoms with Crippen LogP contribution in [0.3, 0.4) is 0 Å². The maximum Gasteiger partial charge on any atom is 0.254 e. The molecule has 0 spiro atoms. The molecule has 160 valence electrons. The molecule has 0 atom stereocenters. The third-order valence-electron chi connectivity index (χ3n) is 6.50. The highest BCUT2D eigenvalue weighted by atomic mass is 16.2. The second-order valence-corrected chi connectivity index (χ2v) is 8.52. The minimum atomic E-state index is 0.0783. The third kappa shape index (κ3) is 3.60. The van der Waals surface area contributed by atoms with E-state index in [0.717, 1.165) is 35.5 Å². The van der Waals surface area contributed by atoms with Gasteiger partial charge in [-0.05, 0) is 46.5 Å². The predicted molar refractivity (Wildman–Crippen MR) is 132 cm³/mol. The number of aromatic amines is 1. The smallest absolute Gasteiger partial charge is 0.254 e. The number of H-pyrrole nitrogens is 1. The number of nitrogens with one attached hydrogen (secondary N) is 1. The fourth-order valence-electron chi connectivity index (χ4n) is 4.70.